The molecule has 0 bridgehead atoms. The molecule has 6 heteroatoms. The number of esters is 1. The van der Waals surface area contributed by atoms with Crippen LogP contribution in [0.1, 0.15) is 47.3 Å². The minimum atomic E-state index is -0.908. The monoisotopic (exact) mass is 383 g/mol. The summed E-state index contributed by atoms with van der Waals surface area (Å²) >= 11 is 0. The van der Waals surface area contributed by atoms with E-state index in [-0.39, 0.29) is 11.9 Å². The van der Waals surface area contributed by atoms with Crippen molar-refractivity contribution in [2.24, 2.45) is 0 Å². The van der Waals surface area contributed by atoms with Crippen LogP contribution in [0, 0.1) is 0 Å². The smallest absolute Gasteiger partial charge is 0.339 e. The predicted octanol–water partition coefficient (Wildman–Crippen LogP) is 3.44. The van der Waals surface area contributed by atoms with Gasteiger partial charge >= 0.3 is 5.97 Å². The van der Waals surface area contributed by atoms with Crippen LogP contribution in [-0.4, -0.2) is 32.2 Å². The van der Waals surface area contributed by atoms with Crippen molar-refractivity contribution in [3.63, 3.8) is 0 Å². The standard InChI is InChI=1S/C22H25NO5/c1-14(28-22(25)16-11-12-19(26-2)20(13-16)27-3)21(24)23-18-10-6-8-15-7-4-5-9-17(15)18/h4-5,7,9,11-14,18H,6,8,10H2,1-3H3,(H,23,24)/t14-,18+/m0/s1. The van der Waals surface area contributed by atoms with E-state index in [0.29, 0.717) is 17.1 Å². The zero-order valence-corrected chi connectivity index (χ0v) is 16.4. The van der Waals surface area contributed by atoms with E-state index in [2.05, 4.69) is 11.4 Å². The zero-order valence-electron chi connectivity index (χ0n) is 16.4. The number of rotatable bonds is 6. The average molecular weight is 383 g/mol. The topological polar surface area (TPSA) is 73.9 Å². The normalized spacial score (nSPS) is 16.5. The Labute approximate surface area is 164 Å². The van der Waals surface area contributed by atoms with E-state index in [0.717, 1.165) is 24.8 Å². The summed E-state index contributed by atoms with van der Waals surface area (Å²) in [5, 5.41) is 3.01. The molecule has 148 valence electrons. The summed E-state index contributed by atoms with van der Waals surface area (Å²) in [6.07, 6.45) is 2.00. The Hall–Kier alpha value is -3.02. The number of carbonyl (C=O) groups excluding carboxylic acids is 2. The van der Waals surface area contributed by atoms with Gasteiger partial charge in [0, 0.05) is 0 Å². The second kappa shape index (κ2) is 8.78. The number of hydrogen-bond donors (Lipinski definition) is 1. The number of ether oxygens (including phenoxy) is 3. The van der Waals surface area contributed by atoms with Gasteiger partial charge in [0.05, 0.1) is 25.8 Å². The predicted molar refractivity (Wildman–Crippen MR) is 105 cm³/mol. The summed E-state index contributed by atoms with van der Waals surface area (Å²) in [5.41, 5.74) is 2.69. The van der Waals surface area contributed by atoms with Crippen LogP contribution >= 0.6 is 0 Å². The molecule has 0 heterocycles. The summed E-state index contributed by atoms with van der Waals surface area (Å²) in [6.45, 7) is 1.57. The Morgan fingerprint density at radius 2 is 1.82 bits per heavy atom. The third-order valence-corrected chi connectivity index (χ3v) is 4.96. The lowest BCUT2D eigenvalue weighted by Gasteiger charge is -2.27. The molecule has 28 heavy (non-hydrogen) atoms. The van der Waals surface area contributed by atoms with Crippen molar-refractivity contribution in [3.05, 3.63) is 59.2 Å². The Bertz CT molecular complexity index is 864. The second-order valence-corrected chi connectivity index (χ2v) is 6.77. The van der Waals surface area contributed by atoms with Gasteiger partial charge in [-0.25, -0.2) is 4.79 Å². The molecule has 3 rings (SSSR count). The highest BCUT2D eigenvalue weighted by Gasteiger charge is 2.25. The van der Waals surface area contributed by atoms with Crippen LogP contribution in [0.4, 0.5) is 0 Å². The minimum absolute atomic E-state index is 0.0558. The van der Waals surface area contributed by atoms with Crippen molar-refractivity contribution in [2.75, 3.05) is 14.2 Å². The molecule has 0 saturated carbocycles. The summed E-state index contributed by atoms with van der Waals surface area (Å²) < 4.78 is 15.7. The molecule has 6 nitrogen and oxygen atoms in total. The van der Waals surface area contributed by atoms with Gasteiger partial charge in [-0.2, -0.15) is 0 Å². The first-order valence-corrected chi connectivity index (χ1v) is 9.34. The molecule has 0 radical (unpaired) electrons. The van der Waals surface area contributed by atoms with Crippen LogP contribution in [0.25, 0.3) is 0 Å². The zero-order chi connectivity index (χ0) is 20.1. The fourth-order valence-corrected chi connectivity index (χ4v) is 3.44. The first kappa shape index (κ1) is 19.7. The largest absolute Gasteiger partial charge is 0.493 e. The molecule has 0 saturated heterocycles. The van der Waals surface area contributed by atoms with Gasteiger partial charge in [-0.3, -0.25) is 4.79 Å². The van der Waals surface area contributed by atoms with Crippen molar-refractivity contribution in [2.45, 2.75) is 38.3 Å². The minimum Gasteiger partial charge on any atom is -0.493 e. The molecular weight excluding hydrogens is 358 g/mol. The van der Waals surface area contributed by atoms with Gasteiger partial charge in [-0.15, -0.1) is 0 Å². The van der Waals surface area contributed by atoms with Gasteiger partial charge in [-0.05, 0) is 55.5 Å². The molecule has 0 aliphatic heterocycles. The summed E-state index contributed by atoms with van der Waals surface area (Å²) in [6, 6.07) is 12.8. The lowest BCUT2D eigenvalue weighted by molar-refractivity contribution is -0.130. The van der Waals surface area contributed by atoms with E-state index in [1.165, 1.54) is 25.8 Å². The van der Waals surface area contributed by atoms with E-state index in [1.54, 1.807) is 19.1 Å². The van der Waals surface area contributed by atoms with Crippen LogP contribution in [0.15, 0.2) is 42.5 Å². The Kier molecular flexibility index (Phi) is 6.19. The molecule has 1 N–H and O–H groups in total. The molecule has 0 spiro atoms. The van der Waals surface area contributed by atoms with E-state index in [9.17, 15) is 9.59 Å². The summed E-state index contributed by atoms with van der Waals surface area (Å²) in [4.78, 5) is 25.0. The number of hydrogen-bond acceptors (Lipinski definition) is 5. The van der Waals surface area contributed by atoms with Crippen molar-refractivity contribution < 1.29 is 23.8 Å². The number of amides is 1. The third kappa shape index (κ3) is 4.27. The van der Waals surface area contributed by atoms with Crippen molar-refractivity contribution in [1.82, 2.24) is 5.32 Å². The highest BCUT2D eigenvalue weighted by atomic mass is 16.5. The van der Waals surface area contributed by atoms with E-state index in [1.807, 2.05) is 18.2 Å². The van der Waals surface area contributed by atoms with Gasteiger partial charge < -0.3 is 19.5 Å². The Morgan fingerprint density at radius 3 is 2.57 bits per heavy atom. The molecule has 1 amide bonds. The van der Waals surface area contributed by atoms with Crippen LogP contribution in [-0.2, 0) is 16.0 Å². The van der Waals surface area contributed by atoms with Gasteiger partial charge in [0.1, 0.15) is 0 Å². The number of fused-ring (bicyclic) bond motifs is 1. The SMILES string of the molecule is COc1ccc(C(=O)O[C@@H](C)C(=O)N[C@@H]2CCCc3ccccc32)cc1OC. The molecule has 0 aromatic heterocycles. The summed E-state index contributed by atoms with van der Waals surface area (Å²) in [7, 11) is 3.01. The van der Waals surface area contributed by atoms with E-state index in [4.69, 9.17) is 14.2 Å². The van der Waals surface area contributed by atoms with Crippen LogP contribution < -0.4 is 14.8 Å². The maximum absolute atomic E-state index is 12.6. The number of carbonyl (C=O) groups is 2. The maximum Gasteiger partial charge on any atom is 0.339 e. The highest BCUT2D eigenvalue weighted by Crippen LogP contribution is 2.30. The lowest BCUT2D eigenvalue weighted by Crippen LogP contribution is -2.39. The first-order valence-electron chi connectivity index (χ1n) is 9.34. The summed E-state index contributed by atoms with van der Waals surface area (Å²) in [5.74, 6) is 0.0387. The van der Waals surface area contributed by atoms with Gasteiger partial charge in [0.15, 0.2) is 17.6 Å². The molecule has 1 aliphatic carbocycles. The lowest BCUT2D eigenvalue weighted by atomic mass is 9.87. The van der Waals surface area contributed by atoms with Crippen molar-refractivity contribution in [1.29, 1.82) is 0 Å². The van der Waals surface area contributed by atoms with Gasteiger partial charge in [-0.1, -0.05) is 24.3 Å². The molecule has 0 fully saturated rings. The molecule has 2 aromatic carbocycles. The second-order valence-electron chi connectivity index (χ2n) is 6.77. The molecular formula is C22H25NO5. The van der Waals surface area contributed by atoms with E-state index >= 15 is 0 Å². The van der Waals surface area contributed by atoms with Crippen LogP contribution in [0.2, 0.25) is 0 Å². The molecule has 1 aliphatic rings. The fourth-order valence-electron chi connectivity index (χ4n) is 3.44. The first-order chi connectivity index (χ1) is 13.5. The number of nitrogens with one attached hydrogen (secondary N) is 1. The Balaban J connectivity index is 1.64. The van der Waals surface area contributed by atoms with Crippen LogP contribution in [0.3, 0.4) is 0 Å². The van der Waals surface area contributed by atoms with Crippen molar-refractivity contribution in [3.8, 4) is 11.5 Å². The third-order valence-electron chi connectivity index (χ3n) is 4.96. The fraction of sp³-hybridized carbons (Fsp3) is 0.364. The Morgan fingerprint density at radius 1 is 1.07 bits per heavy atom. The molecule has 0 unspecified atom stereocenters. The molecule has 2 atom stereocenters. The maximum atomic E-state index is 12.6. The average Bonchev–Trinajstić information content (AvgIpc) is 2.73. The number of benzene rings is 2. The molecule has 2 aromatic rings. The van der Waals surface area contributed by atoms with Crippen molar-refractivity contribution >= 4 is 11.9 Å². The van der Waals surface area contributed by atoms with E-state index < -0.39 is 12.1 Å². The number of methoxy groups -OCH3 is 2. The highest BCUT2D eigenvalue weighted by molar-refractivity contribution is 5.93. The van der Waals surface area contributed by atoms with Crippen LogP contribution in [0.5, 0.6) is 11.5 Å². The number of aryl methyl sites for hydroxylation is 1. The van der Waals surface area contributed by atoms with Gasteiger partial charge in [0.25, 0.3) is 5.91 Å². The quantitative estimate of drug-likeness (QED) is 0.774. The van der Waals surface area contributed by atoms with Gasteiger partial charge in [0.2, 0.25) is 0 Å².